The molecule has 48 heavy (non-hydrogen) atoms. The molecule has 0 amide bonds. The summed E-state index contributed by atoms with van der Waals surface area (Å²) in [7, 11) is -5.70. The molecular weight excluding hydrogens is 671 g/mol. The Bertz CT molecular complexity index is 1590. The summed E-state index contributed by atoms with van der Waals surface area (Å²) in [6.45, 7) is 0. The molecule has 0 heterocycles. The van der Waals surface area contributed by atoms with E-state index in [4.69, 9.17) is 0 Å². The minimum atomic E-state index is -4.98. The van der Waals surface area contributed by atoms with Crippen molar-refractivity contribution in [2.75, 3.05) is 0 Å². The highest BCUT2D eigenvalue weighted by atomic mass is 35.5. The molecule has 0 spiro atoms. The molecule has 0 radical (unpaired) electrons. The number of alkyl halides is 3. The van der Waals surface area contributed by atoms with Crippen LogP contribution in [0.2, 0.25) is 0 Å². The minimum absolute atomic E-state index is 0.298. The molecule has 0 unspecified atom stereocenters. The summed E-state index contributed by atoms with van der Waals surface area (Å²) in [5.74, 6) is -2.40. The van der Waals surface area contributed by atoms with Crippen LogP contribution in [0.15, 0.2) is 182 Å². The Labute approximate surface area is 283 Å². The molecule has 6 aromatic rings. The van der Waals surface area contributed by atoms with Crippen molar-refractivity contribution in [3.63, 3.8) is 0 Å². The second-order valence-electron chi connectivity index (χ2n) is 10.5. The van der Waals surface area contributed by atoms with Crippen LogP contribution in [-0.4, -0.2) is 17.4 Å². The van der Waals surface area contributed by atoms with E-state index in [-0.39, 0.29) is 0 Å². The van der Waals surface area contributed by atoms with Crippen molar-refractivity contribution in [3.05, 3.63) is 182 Å². The summed E-state index contributed by atoms with van der Waals surface area (Å²) in [5.41, 5.74) is 0. The quantitative estimate of drug-likeness (QED) is 0.150. The molecule has 0 N–H and O–H groups in total. The predicted octanol–water partition coefficient (Wildman–Crippen LogP) is 8.34. The maximum absolute atomic E-state index is 16.4. The molecule has 9 heteroatoms. The number of rotatable bonds is 8. The van der Waals surface area contributed by atoms with Crippen molar-refractivity contribution in [1.29, 1.82) is 0 Å². The smallest absolute Gasteiger partial charge is 0.340 e. The zero-order valence-corrected chi connectivity index (χ0v) is 28.0. The van der Waals surface area contributed by atoms with Crippen LogP contribution in [0.5, 0.6) is 0 Å². The molecule has 0 aliphatic carbocycles. The Kier molecular flexibility index (Phi) is 11.2. The van der Waals surface area contributed by atoms with Gasteiger partial charge in [-0.1, -0.05) is 109 Å². The monoisotopic (exact) mass is 700 g/mol. The first-order chi connectivity index (χ1) is 23.3. The van der Waals surface area contributed by atoms with E-state index in [1.165, 1.54) is 0 Å². The maximum Gasteiger partial charge on any atom is 0.492 e. The van der Waals surface area contributed by atoms with Gasteiger partial charge in [-0.3, -0.25) is 0 Å². The van der Waals surface area contributed by atoms with Gasteiger partial charge in [-0.2, -0.15) is 13.2 Å². The fraction of sp³-hybridized carbons (Fsp3) is 0.0256. The van der Waals surface area contributed by atoms with E-state index in [1.807, 2.05) is 36.4 Å². The number of halogens is 4. The van der Waals surface area contributed by atoms with Crippen LogP contribution in [-0.2, 0) is 9.08 Å². The second-order valence-corrected chi connectivity index (χ2v) is 17.6. The SMILES string of the molecule is O=C(OCl)C(F)(F)F.O=C([P+](c1ccccc1)(c1ccccc1)c1ccccc1)[P+](c1ccccc1)(c1ccccc1)c1ccccc1. The summed E-state index contributed by atoms with van der Waals surface area (Å²) in [6, 6.07) is 62.9. The molecule has 0 atom stereocenters. The normalized spacial score (nSPS) is 11.5. The first kappa shape index (κ1) is 34.7. The van der Waals surface area contributed by atoms with Gasteiger partial charge in [0.2, 0.25) is 14.5 Å². The van der Waals surface area contributed by atoms with Gasteiger partial charge in [0.1, 0.15) is 43.7 Å². The van der Waals surface area contributed by atoms with E-state index in [9.17, 15) is 18.0 Å². The second kappa shape index (κ2) is 15.5. The van der Waals surface area contributed by atoms with Crippen LogP contribution in [0.3, 0.4) is 0 Å². The van der Waals surface area contributed by atoms with E-state index in [0.717, 1.165) is 31.8 Å². The molecule has 6 rings (SSSR count). The largest absolute Gasteiger partial charge is 0.492 e. The van der Waals surface area contributed by atoms with Crippen LogP contribution in [0.1, 0.15) is 0 Å². The number of hydrogen-bond acceptors (Lipinski definition) is 3. The lowest BCUT2D eigenvalue weighted by Crippen LogP contribution is -2.44. The van der Waals surface area contributed by atoms with Gasteiger partial charge in [-0.05, 0) is 72.8 Å². The Morgan fingerprint density at radius 2 is 0.604 bits per heavy atom. The summed E-state index contributed by atoms with van der Waals surface area (Å²) >= 11 is 4.07. The Balaban J connectivity index is 0.000000503. The average Bonchev–Trinajstić information content (AvgIpc) is 3.14. The lowest BCUT2D eigenvalue weighted by molar-refractivity contribution is -0.189. The third-order valence-corrected chi connectivity index (χ3v) is 17.3. The lowest BCUT2D eigenvalue weighted by Gasteiger charge is -2.31. The minimum Gasteiger partial charge on any atom is -0.340 e. The first-order valence-corrected chi connectivity index (χ1v) is 18.7. The maximum atomic E-state index is 16.4. The fourth-order valence-electron chi connectivity index (χ4n) is 5.74. The van der Waals surface area contributed by atoms with E-state index in [2.05, 4.69) is 162 Å². The highest BCUT2D eigenvalue weighted by Gasteiger charge is 2.69. The van der Waals surface area contributed by atoms with Crippen LogP contribution >= 0.6 is 26.4 Å². The van der Waals surface area contributed by atoms with Crippen molar-refractivity contribution in [3.8, 4) is 0 Å². The summed E-state index contributed by atoms with van der Waals surface area (Å²) in [6.07, 6.45) is -4.98. The number of hydrogen-bond donors (Lipinski definition) is 0. The molecule has 0 fully saturated rings. The topological polar surface area (TPSA) is 43.4 Å². The molecule has 0 aromatic heterocycles. The zero-order valence-electron chi connectivity index (χ0n) is 25.5. The first-order valence-electron chi connectivity index (χ1n) is 14.8. The van der Waals surface area contributed by atoms with Crippen molar-refractivity contribution in [2.24, 2.45) is 0 Å². The molecule has 240 valence electrons. The van der Waals surface area contributed by atoms with E-state index < -0.39 is 26.7 Å². The molecule has 0 saturated heterocycles. The van der Waals surface area contributed by atoms with Gasteiger partial charge in [0, 0.05) is 0 Å². The lowest BCUT2D eigenvalue weighted by atomic mass is 10.4. The van der Waals surface area contributed by atoms with Crippen LogP contribution in [0, 0.1) is 0 Å². The third-order valence-electron chi connectivity index (χ3n) is 7.74. The highest BCUT2D eigenvalue weighted by Crippen LogP contribution is 2.73. The third kappa shape index (κ3) is 6.84. The number of benzene rings is 6. The summed E-state index contributed by atoms with van der Waals surface area (Å²) in [4.78, 5) is 25.7. The fourth-order valence-corrected chi connectivity index (χ4v) is 16.5. The van der Waals surface area contributed by atoms with E-state index >= 15 is 4.79 Å². The van der Waals surface area contributed by atoms with Gasteiger partial charge in [-0.25, -0.2) is 9.59 Å². The average molecular weight is 701 g/mol. The Hall–Kier alpha value is -4.60. The van der Waals surface area contributed by atoms with Crippen molar-refractivity contribution in [2.45, 2.75) is 6.18 Å². The number of carbonyl (C=O) groups excluding carboxylic acids is 2. The van der Waals surface area contributed by atoms with Crippen molar-refractivity contribution >= 4 is 69.5 Å². The Morgan fingerprint density at radius 3 is 0.729 bits per heavy atom. The molecular formula is C39H30ClF3O3P2+2. The van der Waals surface area contributed by atoms with Crippen molar-refractivity contribution in [1.82, 2.24) is 0 Å². The molecule has 3 nitrogen and oxygen atoms in total. The van der Waals surface area contributed by atoms with E-state index in [0.29, 0.717) is 5.27 Å². The predicted molar refractivity (Wildman–Crippen MR) is 194 cm³/mol. The van der Waals surface area contributed by atoms with Gasteiger partial charge in [0.05, 0.1) is 0 Å². The summed E-state index contributed by atoms with van der Waals surface area (Å²) in [5, 5.41) is 6.74. The molecule has 6 aromatic carbocycles. The van der Waals surface area contributed by atoms with Crippen molar-refractivity contribution < 1.29 is 27.0 Å². The molecule has 0 bridgehead atoms. The molecule has 0 aliphatic heterocycles. The number of carbonyl (C=O) groups is 2. The highest BCUT2D eigenvalue weighted by molar-refractivity contribution is 8.30. The van der Waals surface area contributed by atoms with Gasteiger partial charge < -0.3 is 4.29 Å². The standard InChI is InChI=1S/C37H30OP2.C2ClF3O2/c38-37(39(31-19-7-1-8-20-31,32-21-9-2-10-22-32)33-23-11-3-12-24-33)40(34-25-13-4-14-26-34,35-27-15-5-16-28-35)36-29-17-6-18-30-36;3-8-1(7)2(4,5)6/h1-30H;/q+2;. The van der Waals surface area contributed by atoms with Crippen LogP contribution in [0.4, 0.5) is 18.0 Å². The Morgan fingerprint density at radius 1 is 0.417 bits per heavy atom. The van der Waals surface area contributed by atoms with Gasteiger partial charge >= 0.3 is 17.4 Å². The zero-order chi connectivity index (χ0) is 34.0. The summed E-state index contributed by atoms with van der Waals surface area (Å²) < 4.78 is 35.5. The van der Waals surface area contributed by atoms with Crippen LogP contribution < -0.4 is 31.8 Å². The van der Waals surface area contributed by atoms with Gasteiger partial charge in [0.15, 0.2) is 0 Å². The molecule has 0 aliphatic rings. The van der Waals surface area contributed by atoms with Crippen LogP contribution in [0.25, 0.3) is 0 Å². The van der Waals surface area contributed by atoms with Gasteiger partial charge in [-0.15, -0.1) is 0 Å². The molecule has 0 saturated carbocycles. The van der Waals surface area contributed by atoms with Gasteiger partial charge in [0.25, 0.3) is 0 Å². The van der Waals surface area contributed by atoms with E-state index in [1.54, 1.807) is 0 Å².